The zero-order valence-corrected chi connectivity index (χ0v) is 11.3. The number of urea groups is 1. The zero-order valence-electron chi connectivity index (χ0n) is 11.3. The van der Waals surface area contributed by atoms with Crippen molar-refractivity contribution in [2.75, 3.05) is 18.9 Å². The predicted molar refractivity (Wildman–Crippen MR) is 67.2 cm³/mol. The number of alkyl halides is 3. The van der Waals surface area contributed by atoms with Gasteiger partial charge in [-0.25, -0.2) is 9.78 Å². The number of amides is 2. The standard InChI is InChI=1S/C12H16F3N3O2/c1-11(2,20)7-18(3)10(19)17-8-4-5-9(16-6-8)12(13,14)15/h4-6,20H,7H2,1-3H3,(H,17,19). The fraction of sp³-hybridized carbons (Fsp3) is 0.500. The van der Waals surface area contributed by atoms with Gasteiger partial charge >= 0.3 is 12.2 Å². The largest absolute Gasteiger partial charge is 0.433 e. The molecule has 0 fully saturated rings. The average Bonchev–Trinajstić information content (AvgIpc) is 2.26. The van der Waals surface area contributed by atoms with Crippen molar-refractivity contribution in [2.24, 2.45) is 0 Å². The number of likely N-dealkylation sites (N-methyl/N-ethyl adjacent to an activating group) is 1. The van der Waals surface area contributed by atoms with Gasteiger partial charge in [0.1, 0.15) is 5.69 Å². The van der Waals surface area contributed by atoms with Crippen LogP contribution in [0.4, 0.5) is 23.7 Å². The first kappa shape index (κ1) is 16.2. The summed E-state index contributed by atoms with van der Waals surface area (Å²) in [5, 5.41) is 12.0. The van der Waals surface area contributed by atoms with Crippen LogP contribution in [0.25, 0.3) is 0 Å². The van der Waals surface area contributed by atoms with Gasteiger partial charge in [0, 0.05) is 7.05 Å². The van der Waals surface area contributed by atoms with Crippen molar-refractivity contribution in [1.29, 1.82) is 0 Å². The Hall–Kier alpha value is -1.83. The van der Waals surface area contributed by atoms with Crippen LogP contribution in [0, 0.1) is 0 Å². The third kappa shape index (κ3) is 5.04. The van der Waals surface area contributed by atoms with E-state index in [9.17, 15) is 23.1 Å². The SMILES string of the molecule is CN(CC(C)(C)O)C(=O)Nc1ccc(C(F)(F)F)nc1. The molecule has 1 heterocycles. The van der Waals surface area contributed by atoms with E-state index in [4.69, 9.17) is 0 Å². The number of carbonyl (C=O) groups is 1. The van der Waals surface area contributed by atoms with E-state index < -0.39 is 23.5 Å². The van der Waals surface area contributed by atoms with E-state index in [2.05, 4.69) is 10.3 Å². The molecule has 0 saturated carbocycles. The summed E-state index contributed by atoms with van der Waals surface area (Å²) in [6.07, 6.45) is -3.58. The van der Waals surface area contributed by atoms with Gasteiger partial charge in [-0.2, -0.15) is 13.2 Å². The molecule has 0 atom stereocenters. The normalized spacial score (nSPS) is 12.2. The van der Waals surface area contributed by atoms with Crippen LogP contribution in [-0.4, -0.2) is 40.2 Å². The van der Waals surface area contributed by atoms with Gasteiger partial charge in [0.15, 0.2) is 0 Å². The van der Waals surface area contributed by atoms with Crippen molar-refractivity contribution in [3.8, 4) is 0 Å². The molecule has 20 heavy (non-hydrogen) atoms. The van der Waals surface area contributed by atoms with Crippen LogP contribution in [0.15, 0.2) is 18.3 Å². The Balaban J connectivity index is 2.67. The number of nitrogens with one attached hydrogen (secondary N) is 1. The summed E-state index contributed by atoms with van der Waals surface area (Å²) >= 11 is 0. The first-order valence-electron chi connectivity index (χ1n) is 5.77. The molecule has 1 rings (SSSR count). The van der Waals surface area contributed by atoms with Crippen LogP contribution < -0.4 is 5.32 Å². The van der Waals surface area contributed by atoms with Gasteiger partial charge in [-0.1, -0.05) is 0 Å². The van der Waals surface area contributed by atoms with Crippen LogP contribution in [0.3, 0.4) is 0 Å². The highest BCUT2D eigenvalue weighted by Crippen LogP contribution is 2.27. The van der Waals surface area contributed by atoms with Gasteiger partial charge in [0.25, 0.3) is 0 Å². The Bertz CT molecular complexity index is 466. The molecule has 0 aliphatic rings. The Morgan fingerprint density at radius 3 is 2.40 bits per heavy atom. The van der Waals surface area contributed by atoms with Gasteiger partial charge in [0.2, 0.25) is 0 Å². The summed E-state index contributed by atoms with van der Waals surface area (Å²) in [7, 11) is 1.46. The number of aromatic nitrogens is 1. The van der Waals surface area contributed by atoms with E-state index in [0.717, 1.165) is 18.3 Å². The Labute approximate surface area is 114 Å². The van der Waals surface area contributed by atoms with Crippen LogP contribution >= 0.6 is 0 Å². The van der Waals surface area contributed by atoms with Crippen molar-refractivity contribution in [3.05, 3.63) is 24.0 Å². The van der Waals surface area contributed by atoms with Crippen molar-refractivity contribution >= 4 is 11.7 Å². The fourth-order valence-corrected chi connectivity index (χ4v) is 1.51. The van der Waals surface area contributed by atoms with Crippen molar-refractivity contribution in [1.82, 2.24) is 9.88 Å². The molecule has 112 valence electrons. The van der Waals surface area contributed by atoms with E-state index in [1.807, 2.05) is 0 Å². The Morgan fingerprint density at radius 1 is 1.40 bits per heavy atom. The molecule has 0 aromatic carbocycles. The lowest BCUT2D eigenvalue weighted by molar-refractivity contribution is -0.141. The predicted octanol–water partition coefficient (Wildman–Crippen LogP) is 2.34. The van der Waals surface area contributed by atoms with E-state index >= 15 is 0 Å². The number of halogens is 3. The molecule has 5 nitrogen and oxygen atoms in total. The molecule has 0 saturated heterocycles. The summed E-state index contributed by atoms with van der Waals surface area (Å²) in [6, 6.07) is 1.35. The van der Waals surface area contributed by atoms with E-state index in [-0.39, 0.29) is 12.2 Å². The minimum atomic E-state index is -4.51. The lowest BCUT2D eigenvalue weighted by Gasteiger charge is -2.25. The van der Waals surface area contributed by atoms with E-state index in [1.54, 1.807) is 0 Å². The van der Waals surface area contributed by atoms with Crippen molar-refractivity contribution < 1.29 is 23.1 Å². The molecule has 0 radical (unpaired) electrons. The quantitative estimate of drug-likeness (QED) is 0.898. The van der Waals surface area contributed by atoms with Crippen LogP contribution in [0.1, 0.15) is 19.5 Å². The molecule has 0 unspecified atom stereocenters. The molecular weight excluding hydrogens is 275 g/mol. The smallest absolute Gasteiger partial charge is 0.389 e. The lowest BCUT2D eigenvalue weighted by Crippen LogP contribution is -2.41. The van der Waals surface area contributed by atoms with Crippen LogP contribution in [-0.2, 0) is 6.18 Å². The summed E-state index contributed by atoms with van der Waals surface area (Å²) in [5.74, 6) is 0. The maximum Gasteiger partial charge on any atom is 0.433 e. The number of nitrogens with zero attached hydrogens (tertiary/aromatic N) is 2. The minimum absolute atomic E-state index is 0.0763. The first-order chi connectivity index (χ1) is 8.99. The van der Waals surface area contributed by atoms with Gasteiger partial charge in [-0.3, -0.25) is 0 Å². The van der Waals surface area contributed by atoms with Gasteiger partial charge < -0.3 is 15.3 Å². The number of hydrogen-bond donors (Lipinski definition) is 2. The molecule has 1 aromatic rings. The number of hydrogen-bond acceptors (Lipinski definition) is 3. The second-order valence-electron chi connectivity index (χ2n) is 5.03. The van der Waals surface area contributed by atoms with Gasteiger partial charge in [-0.05, 0) is 26.0 Å². The maximum absolute atomic E-state index is 12.3. The lowest BCUT2D eigenvalue weighted by atomic mass is 10.1. The third-order valence-electron chi connectivity index (χ3n) is 2.28. The summed E-state index contributed by atoms with van der Waals surface area (Å²) in [4.78, 5) is 16.2. The topological polar surface area (TPSA) is 65.5 Å². The summed E-state index contributed by atoms with van der Waals surface area (Å²) in [5.41, 5.74) is -1.95. The summed E-state index contributed by atoms with van der Waals surface area (Å²) < 4.78 is 36.9. The maximum atomic E-state index is 12.3. The monoisotopic (exact) mass is 291 g/mol. The highest BCUT2D eigenvalue weighted by molar-refractivity contribution is 5.88. The highest BCUT2D eigenvalue weighted by atomic mass is 19.4. The molecular formula is C12H16F3N3O2. The number of rotatable bonds is 3. The molecule has 2 N–H and O–H groups in total. The molecule has 0 aliphatic carbocycles. The van der Waals surface area contributed by atoms with E-state index in [1.165, 1.54) is 25.8 Å². The van der Waals surface area contributed by atoms with Gasteiger partial charge in [0.05, 0.1) is 24.0 Å². The van der Waals surface area contributed by atoms with Crippen LogP contribution in [0.5, 0.6) is 0 Å². The number of pyridine rings is 1. The highest BCUT2D eigenvalue weighted by Gasteiger charge is 2.32. The molecule has 0 aliphatic heterocycles. The number of carbonyl (C=O) groups excluding carboxylic acids is 1. The molecule has 0 bridgehead atoms. The average molecular weight is 291 g/mol. The van der Waals surface area contributed by atoms with Gasteiger partial charge in [-0.15, -0.1) is 0 Å². The van der Waals surface area contributed by atoms with Crippen molar-refractivity contribution in [3.63, 3.8) is 0 Å². The van der Waals surface area contributed by atoms with E-state index in [0.29, 0.717) is 0 Å². The first-order valence-corrected chi connectivity index (χ1v) is 5.77. The Morgan fingerprint density at radius 2 is 2.00 bits per heavy atom. The molecule has 8 heteroatoms. The second kappa shape index (κ2) is 5.66. The molecule has 2 amide bonds. The number of anilines is 1. The fourth-order valence-electron chi connectivity index (χ4n) is 1.51. The molecule has 0 spiro atoms. The second-order valence-corrected chi connectivity index (χ2v) is 5.03. The summed E-state index contributed by atoms with van der Waals surface area (Å²) in [6.45, 7) is 3.15. The van der Waals surface area contributed by atoms with Crippen molar-refractivity contribution in [2.45, 2.75) is 25.6 Å². The van der Waals surface area contributed by atoms with Crippen LogP contribution in [0.2, 0.25) is 0 Å². The third-order valence-corrected chi connectivity index (χ3v) is 2.28. The minimum Gasteiger partial charge on any atom is -0.389 e. The zero-order chi connectivity index (χ0) is 15.6. The molecule has 1 aromatic heterocycles. The Kier molecular flexibility index (Phi) is 4.59. The number of aliphatic hydroxyl groups is 1.